The van der Waals surface area contributed by atoms with Gasteiger partial charge in [0.05, 0.1) is 6.61 Å². The molecule has 1 unspecified atom stereocenters. The van der Waals surface area contributed by atoms with Crippen molar-refractivity contribution >= 4 is 12.1 Å². The zero-order chi connectivity index (χ0) is 20.0. The Balaban J connectivity index is 1.86. The average molecular weight is 381 g/mol. The summed E-state index contributed by atoms with van der Waals surface area (Å²) in [5, 5.41) is 8.69. The van der Waals surface area contributed by atoms with Crippen molar-refractivity contribution in [1.82, 2.24) is 4.90 Å². The Morgan fingerprint density at radius 2 is 2.07 bits per heavy atom. The second kappa shape index (κ2) is 9.06. The monoisotopic (exact) mass is 381 g/mol. The first kappa shape index (κ1) is 21.0. The first-order valence-electron chi connectivity index (χ1n) is 9.25. The summed E-state index contributed by atoms with van der Waals surface area (Å²) in [7, 11) is 0. The molecule has 1 aliphatic rings. The van der Waals surface area contributed by atoms with Crippen molar-refractivity contribution in [2.45, 2.75) is 52.1 Å². The Morgan fingerprint density at radius 1 is 1.33 bits per heavy atom. The lowest BCUT2D eigenvalue weighted by Crippen LogP contribution is -2.44. The van der Waals surface area contributed by atoms with Gasteiger partial charge in [-0.3, -0.25) is 4.79 Å². The van der Waals surface area contributed by atoms with E-state index in [2.05, 4.69) is 0 Å². The van der Waals surface area contributed by atoms with Gasteiger partial charge in [0.25, 0.3) is 0 Å². The fourth-order valence-electron chi connectivity index (χ4n) is 2.97. The van der Waals surface area contributed by atoms with E-state index in [9.17, 15) is 14.0 Å². The van der Waals surface area contributed by atoms with Gasteiger partial charge in [-0.15, -0.1) is 0 Å². The van der Waals surface area contributed by atoms with Gasteiger partial charge in [-0.05, 0) is 57.7 Å². The van der Waals surface area contributed by atoms with Crippen molar-refractivity contribution in [3.63, 3.8) is 0 Å². The SMILES string of the molecule is CC(C)(C)OC(=O)N1CCCC(COc2ccc(CCC(=O)O)cc2F)C1. The Labute approximate surface area is 159 Å². The molecule has 0 spiro atoms. The Kier molecular flexibility index (Phi) is 7.05. The number of piperidine rings is 1. The molecular weight excluding hydrogens is 353 g/mol. The first-order chi connectivity index (χ1) is 12.6. The summed E-state index contributed by atoms with van der Waals surface area (Å²) in [6, 6.07) is 4.52. The second-order valence-electron chi connectivity index (χ2n) is 7.90. The molecule has 1 N–H and O–H groups in total. The molecule has 0 radical (unpaired) electrons. The highest BCUT2D eigenvalue weighted by molar-refractivity contribution is 5.68. The standard InChI is InChI=1S/C20H28FNO5/c1-20(2,3)27-19(25)22-10-4-5-15(12-22)13-26-17-8-6-14(11-16(17)21)7-9-18(23)24/h6,8,11,15H,4-5,7,9-10,12-13H2,1-3H3,(H,23,24). The van der Waals surface area contributed by atoms with E-state index in [0.717, 1.165) is 12.8 Å². The third-order valence-electron chi connectivity index (χ3n) is 4.27. The van der Waals surface area contributed by atoms with Crippen LogP contribution >= 0.6 is 0 Å². The number of amides is 1. The predicted octanol–water partition coefficient (Wildman–Crippen LogP) is 3.87. The third-order valence-corrected chi connectivity index (χ3v) is 4.27. The van der Waals surface area contributed by atoms with E-state index in [0.29, 0.717) is 25.3 Å². The lowest BCUT2D eigenvalue weighted by Gasteiger charge is -2.34. The van der Waals surface area contributed by atoms with Gasteiger partial charge in [0.2, 0.25) is 0 Å². The van der Waals surface area contributed by atoms with Crippen molar-refractivity contribution in [3.05, 3.63) is 29.6 Å². The maximum Gasteiger partial charge on any atom is 0.410 e. The maximum atomic E-state index is 14.2. The molecule has 150 valence electrons. The van der Waals surface area contributed by atoms with Gasteiger partial charge in [-0.2, -0.15) is 0 Å². The van der Waals surface area contributed by atoms with Crippen LogP contribution in [0.15, 0.2) is 18.2 Å². The molecule has 1 heterocycles. The van der Waals surface area contributed by atoms with Gasteiger partial charge in [-0.25, -0.2) is 9.18 Å². The van der Waals surface area contributed by atoms with E-state index >= 15 is 0 Å². The summed E-state index contributed by atoms with van der Waals surface area (Å²) in [6.07, 6.45) is 1.66. The normalized spacial score (nSPS) is 17.5. The number of halogens is 1. The van der Waals surface area contributed by atoms with Gasteiger partial charge in [0.1, 0.15) is 5.60 Å². The Bertz CT molecular complexity index is 671. The number of likely N-dealkylation sites (tertiary alicyclic amines) is 1. The smallest absolute Gasteiger partial charge is 0.410 e. The summed E-state index contributed by atoms with van der Waals surface area (Å²) in [5.74, 6) is -1.17. The summed E-state index contributed by atoms with van der Waals surface area (Å²) in [6.45, 7) is 6.98. The van der Waals surface area contributed by atoms with Gasteiger partial charge >= 0.3 is 12.1 Å². The van der Waals surface area contributed by atoms with E-state index in [1.54, 1.807) is 11.0 Å². The molecule has 1 aromatic carbocycles. The van der Waals surface area contributed by atoms with Gasteiger partial charge in [0.15, 0.2) is 11.6 Å². The van der Waals surface area contributed by atoms with Crippen molar-refractivity contribution in [1.29, 1.82) is 0 Å². The summed E-state index contributed by atoms with van der Waals surface area (Å²) in [4.78, 5) is 24.5. The largest absolute Gasteiger partial charge is 0.490 e. The molecule has 0 aliphatic carbocycles. The Hall–Kier alpha value is -2.31. The van der Waals surface area contributed by atoms with Crippen molar-refractivity contribution in [2.24, 2.45) is 5.92 Å². The molecule has 0 bridgehead atoms. The van der Waals surface area contributed by atoms with Crippen LogP contribution in [-0.4, -0.2) is 47.4 Å². The number of rotatable bonds is 6. The highest BCUT2D eigenvalue weighted by atomic mass is 19.1. The summed E-state index contributed by atoms with van der Waals surface area (Å²) >= 11 is 0. The molecule has 27 heavy (non-hydrogen) atoms. The number of carbonyl (C=O) groups excluding carboxylic acids is 1. The van der Waals surface area contributed by atoms with E-state index in [1.165, 1.54) is 12.1 Å². The molecular formula is C20H28FNO5. The lowest BCUT2D eigenvalue weighted by atomic mass is 9.99. The van der Waals surface area contributed by atoms with Crippen LogP contribution in [0.3, 0.4) is 0 Å². The topological polar surface area (TPSA) is 76.1 Å². The number of hydrogen-bond acceptors (Lipinski definition) is 4. The number of aliphatic carboxylic acids is 1. The van der Waals surface area contributed by atoms with E-state index in [1.807, 2.05) is 20.8 Å². The van der Waals surface area contributed by atoms with Gasteiger partial charge in [0, 0.05) is 25.4 Å². The van der Waals surface area contributed by atoms with Crippen LogP contribution in [0.1, 0.15) is 45.6 Å². The minimum Gasteiger partial charge on any atom is -0.490 e. The molecule has 0 saturated carbocycles. The second-order valence-corrected chi connectivity index (χ2v) is 7.90. The summed E-state index contributed by atoms with van der Waals surface area (Å²) < 4.78 is 25.2. The highest BCUT2D eigenvalue weighted by Crippen LogP contribution is 2.23. The van der Waals surface area contributed by atoms with E-state index in [4.69, 9.17) is 14.6 Å². The minimum atomic E-state index is -0.914. The molecule has 7 heteroatoms. The number of carbonyl (C=O) groups is 2. The van der Waals surface area contributed by atoms with E-state index < -0.39 is 17.4 Å². The number of aryl methyl sites for hydroxylation is 1. The van der Waals surface area contributed by atoms with Crippen LogP contribution in [0.4, 0.5) is 9.18 Å². The van der Waals surface area contributed by atoms with Crippen molar-refractivity contribution in [3.8, 4) is 5.75 Å². The zero-order valence-corrected chi connectivity index (χ0v) is 16.2. The minimum absolute atomic E-state index is 0.0395. The van der Waals surface area contributed by atoms with Crippen LogP contribution < -0.4 is 4.74 Å². The van der Waals surface area contributed by atoms with E-state index in [-0.39, 0.29) is 30.6 Å². The summed E-state index contributed by atoms with van der Waals surface area (Å²) in [5.41, 5.74) is 0.0856. The Morgan fingerprint density at radius 3 is 2.70 bits per heavy atom. The number of nitrogens with zero attached hydrogens (tertiary/aromatic N) is 1. The lowest BCUT2D eigenvalue weighted by molar-refractivity contribution is -0.136. The molecule has 1 aromatic rings. The first-order valence-corrected chi connectivity index (χ1v) is 9.25. The molecule has 0 aromatic heterocycles. The fraction of sp³-hybridized carbons (Fsp3) is 0.600. The van der Waals surface area contributed by atoms with Gasteiger partial charge in [-0.1, -0.05) is 6.07 Å². The average Bonchev–Trinajstić information content (AvgIpc) is 2.58. The number of ether oxygens (including phenoxy) is 2. The number of hydrogen-bond donors (Lipinski definition) is 1. The molecule has 1 aliphatic heterocycles. The highest BCUT2D eigenvalue weighted by Gasteiger charge is 2.28. The molecule has 1 amide bonds. The number of carboxylic acid groups (broad SMARTS) is 1. The fourth-order valence-corrected chi connectivity index (χ4v) is 2.97. The van der Waals surface area contributed by atoms with Crippen molar-refractivity contribution in [2.75, 3.05) is 19.7 Å². The van der Waals surface area contributed by atoms with Gasteiger partial charge < -0.3 is 19.5 Å². The quantitative estimate of drug-likeness (QED) is 0.810. The van der Waals surface area contributed by atoms with Crippen LogP contribution in [0.2, 0.25) is 0 Å². The molecule has 6 nitrogen and oxygen atoms in total. The molecule has 1 saturated heterocycles. The van der Waals surface area contributed by atoms with Crippen LogP contribution in [-0.2, 0) is 16.0 Å². The number of benzene rings is 1. The van der Waals surface area contributed by atoms with Crippen LogP contribution in [0.5, 0.6) is 5.75 Å². The van der Waals surface area contributed by atoms with Crippen LogP contribution in [0, 0.1) is 11.7 Å². The number of carboxylic acids is 1. The molecule has 1 fully saturated rings. The third kappa shape index (κ3) is 7.07. The zero-order valence-electron chi connectivity index (χ0n) is 16.2. The molecule has 1 atom stereocenters. The van der Waals surface area contributed by atoms with Crippen LogP contribution in [0.25, 0.3) is 0 Å². The maximum absolute atomic E-state index is 14.2. The van der Waals surface area contributed by atoms with Crippen molar-refractivity contribution < 1.29 is 28.6 Å². The predicted molar refractivity (Wildman–Crippen MR) is 98.4 cm³/mol. The molecule has 2 rings (SSSR count).